The maximum absolute atomic E-state index is 10.1. The second-order valence-electron chi connectivity index (χ2n) is 3.83. The van der Waals surface area contributed by atoms with Crippen molar-refractivity contribution >= 4 is 16.9 Å². The van der Waals surface area contributed by atoms with Gasteiger partial charge in [-0.3, -0.25) is 4.99 Å². The quantitative estimate of drug-likeness (QED) is 0.633. The number of hydrogen-bond donors (Lipinski definition) is 1. The van der Waals surface area contributed by atoms with Crippen molar-refractivity contribution in [1.82, 2.24) is 5.43 Å². The Morgan fingerprint density at radius 1 is 1.38 bits per heavy atom. The Kier molecular flexibility index (Phi) is 3.24. The predicted octanol–water partition coefficient (Wildman–Crippen LogP) is 2.80. The van der Waals surface area contributed by atoms with Gasteiger partial charge in [0.25, 0.3) is 0 Å². The zero-order valence-corrected chi connectivity index (χ0v) is 9.99. The van der Waals surface area contributed by atoms with Crippen molar-refractivity contribution in [2.75, 3.05) is 0 Å². The van der Waals surface area contributed by atoms with Gasteiger partial charge < -0.3 is 0 Å². The summed E-state index contributed by atoms with van der Waals surface area (Å²) in [6.45, 7) is 4.10. The van der Waals surface area contributed by atoms with Gasteiger partial charge in [0.05, 0.1) is 16.6 Å². The van der Waals surface area contributed by atoms with Gasteiger partial charge in [-0.1, -0.05) is 41.6 Å². The van der Waals surface area contributed by atoms with Crippen LogP contribution in [-0.2, 0) is 0 Å². The van der Waals surface area contributed by atoms with Crippen LogP contribution < -0.4 is 5.43 Å². The highest BCUT2D eigenvalue weighted by Crippen LogP contribution is 2.39. The van der Waals surface area contributed by atoms with Gasteiger partial charge in [0, 0.05) is 0 Å². The molecule has 2 unspecified atom stereocenters. The maximum Gasteiger partial charge on any atom is 0.180 e. The molecule has 2 rings (SSSR count). The predicted molar refractivity (Wildman–Crippen MR) is 67.3 cm³/mol. The molecule has 1 heterocycles. The van der Waals surface area contributed by atoms with Gasteiger partial charge in [-0.05, 0) is 19.4 Å². The van der Waals surface area contributed by atoms with E-state index >= 15 is 0 Å². The molecule has 0 bridgehead atoms. The highest BCUT2D eigenvalue weighted by atomic mass is 32.2. The van der Waals surface area contributed by atoms with E-state index in [1.165, 1.54) is 11.1 Å². The molecule has 16 heavy (non-hydrogen) atoms. The standard InChI is InChI=1S/C11H13N3OS/c1-7-3-5-9(6-4-7)10-8(2)12-11(16-10)13-14-15/h3-6,8,10H,1-2H3,(H,12,13,15). The van der Waals surface area contributed by atoms with E-state index < -0.39 is 0 Å². The fourth-order valence-electron chi connectivity index (χ4n) is 1.70. The van der Waals surface area contributed by atoms with Crippen LogP contribution in [0.1, 0.15) is 23.3 Å². The van der Waals surface area contributed by atoms with Gasteiger partial charge >= 0.3 is 0 Å². The number of aliphatic imine (C=N–C) groups is 1. The zero-order valence-electron chi connectivity index (χ0n) is 9.18. The molecule has 1 N–H and O–H groups in total. The minimum Gasteiger partial charge on any atom is -0.257 e. The van der Waals surface area contributed by atoms with Crippen molar-refractivity contribution in [3.8, 4) is 0 Å². The minimum atomic E-state index is 0.164. The first kappa shape index (κ1) is 11.1. The van der Waals surface area contributed by atoms with Crippen molar-refractivity contribution < 1.29 is 0 Å². The van der Waals surface area contributed by atoms with Gasteiger partial charge in [0.2, 0.25) is 0 Å². The van der Waals surface area contributed by atoms with E-state index in [1.54, 1.807) is 11.8 Å². The normalized spacial score (nSPS) is 24.0. The average Bonchev–Trinajstić information content (AvgIpc) is 2.61. The molecule has 1 aliphatic heterocycles. The Morgan fingerprint density at radius 3 is 2.69 bits per heavy atom. The van der Waals surface area contributed by atoms with Gasteiger partial charge in [-0.25, -0.2) is 5.43 Å². The van der Waals surface area contributed by atoms with Crippen LogP contribution in [0.4, 0.5) is 0 Å². The molecular formula is C11H13N3OS. The third-order valence-electron chi connectivity index (χ3n) is 2.54. The largest absolute Gasteiger partial charge is 0.257 e. The van der Waals surface area contributed by atoms with Gasteiger partial charge in [-0.2, -0.15) is 0 Å². The van der Waals surface area contributed by atoms with Crippen LogP contribution in [0.5, 0.6) is 0 Å². The molecule has 0 saturated carbocycles. The molecule has 0 radical (unpaired) electrons. The molecular weight excluding hydrogens is 222 g/mol. The zero-order chi connectivity index (χ0) is 11.5. The molecule has 0 aromatic heterocycles. The number of benzene rings is 1. The second-order valence-corrected chi connectivity index (χ2v) is 4.96. The molecule has 5 heteroatoms. The number of nitroso groups, excluding NO2 is 1. The van der Waals surface area contributed by atoms with Crippen molar-refractivity contribution in [1.29, 1.82) is 0 Å². The molecule has 0 amide bonds. The SMILES string of the molecule is Cc1ccc(C2SC(NN=O)=NC2C)cc1. The first-order valence-electron chi connectivity index (χ1n) is 5.10. The van der Waals surface area contributed by atoms with E-state index in [2.05, 4.69) is 46.9 Å². The molecule has 0 spiro atoms. The lowest BCUT2D eigenvalue weighted by atomic mass is 10.1. The van der Waals surface area contributed by atoms with Crippen LogP contribution in [-0.4, -0.2) is 11.2 Å². The summed E-state index contributed by atoms with van der Waals surface area (Å²) in [6.07, 6.45) is 0. The van der Waals surface area contributed by atoms with E-state index in [1.807, 2.05) is 6.92 Å². The third-order valence-corrected chi connectivity index (χ3v) is 3.88. The van der Waals surface area contributed by atoms with E-state index in [0.29, 0.717) is 5.17 Å². The maximum atomic E-state index is 10.1. The number of thioether (sulfide) groups is 1. The Hall–Kier alpha value is -1.36. The lowest BCUT2D eigenvalue weighted by Gasteiger charge is -2.13. The first-order valence-corrected chi connectivity index (χ1v) is 5.98. The Labute approximate surface area is 98.5 Å². The lowest BCUT2D eigenvalue weighted by molar-refractivity contribution is 0.736. The molecule has 0 aliphatic carbocycles. The van der Waals surface area contributed by atoms with Crippen LogP contribution in [0.15, 0.2) is 34.5 Å². The van der Waals surface area contributed by atoms with Gasteiger partial charge in [-0.15, -0.1) is 4.91 Å². The van der Waals surface area contributed by atoms with Gasteiger partial charge in [0.1, 0.15) is 0 Å². The third kappa shape index (κ3) is 2.24. The molecule has 0 fully saturated rings. The van der Waals surface area contributed by atoms with Crippen LogP contribution in [0, 0.1) is 11.8 Å². The summed E-state index contributed by atoms with van der Waals surface area (Å²) in [7, 11) is 0. The molecule has 0 saturated heterocycles. The summed E-state index contributed by atoms with van der Waals surface area (Å²) in [5.74, 6) is 0. The first-order chi connectivity index (χ1) is 7.70. The monoisotopic (exact) mass is 235 g/mol. The lowest BCUT2D eigenvalue weighted by Crippen LogP contribution is -2.09. The molecule has 4 nitrogen and oxygen atoms in total. The Bertz CT molecular complexity index is 416. The highest BCUT2D eigenvalue weighted by Gasteiger charge is 2.28. The van der Waals surface area contributed by atoms with Crippen molar-refractivity contribution in [3.05, 3.63) is 40.3 Å². The van der Waals surface area contributed by atoms with Crippen molar-refractivity contribution in [3.63, 3.8) is 0 Å². The number of amidine groups is 1. The summed E-state index contributed by atoms with van der Waals surface area (Å²) in [5.41, 5.74) is 4.84. The number of aryl methyl sites for hydroxylation is 1. The number of rotatable bonds is 2. The molecule has 84 valence electrons. The van der Waals surface area contributed by atoms with Crippen LogP contribution in [0.2, 0.25) is 0 Å². The van der Waals surface area contributed by atoms with Crippen molar-refractivity contribution in [2.45, 2.75) is 25.1 Å². The summed E-state index contributed by atoms with van der Waals surface area (Å²) < 4.78 is 0. The number of hydrogen-bond acceptors (Lipinski definition) is 4. The van der Waals surface area contributed by atoms with E-state index in [0.717, 1.165) is 0 Å². The number of nitrogens with zero attached hydrogens (tertiary/aromatic N) is 2. The summed E-state index contributed by atoms with van der Waals surface area (Å²) in [4.78, 5) is 14.4. The molecule has 2 atom stereocenters. The van der Waals surface area contributed by atoms with E-state index in [9.17, 15) is 4.91 Å². The average molecular weight is 235 g/mol. The fourth-order valence-corrected chi connectivity index (χ4v) is 2.81. The Balaban J connectivity index is 2.13. The summed E-state index contributed by atoms with van der Waals surface area (Å²) in [5, 5.41) is 3.52. The van der Waals surface area contributed by atoms with Gasteiger partial charge in [0.15, 0.2) is 5.17 Å². The summed E-state index contributed by atoms with van der Waals surface area (Å²) >= 11 is 1.55. The van der Waals surface area contributed by atoms with E-state index in [4.69, 9.17) is 0 Å². The second kappa shape index (κ2) is 4.65. The van der Waals surface area contributed by atoms with Crippen LogP contribution in [0.25, 0.3) is 0 Å². The van der Waals surface area contributed by atoms with Crippen molar-refractivity contribution in [2.24, 2.45) is 10.3 Å². The van der Waals surface area contributed by atoms with Crippen LogP contribution >= 0.6 is 11.8 Å². The van der Waals surface area contributed by atoms with E-state index in [-0.39, 0.29) is 11.3 Å². The fraction of sp³-hybridized carbons (Fsp3) is 0.364. The smallest absolute Gasteiger partial charge is 0.180 e. The minimum absolute atomic E-state index is 0.164. The molecule has 1 aliphatic rings. The number of nitrogens with one attached hydrogen (secondary N) is 1. The molecule has 1 aromatic carbocycles. The van der Waals surface area contributed by atoms with Crippen LogP contribution in [0.3, 0.4) is 0 Å². The highest BCUT2D eigenvalue weighted by molar-refractivity contribution is 8.14. The molecule has 1 aromatic rings. The summed E-state index contributed by atoms with van der Waals surface area (Å²) in [6, 6.07) is 8.56. The Morgan fingerprint density at radius 2 is 2.06 bits per heavy atom. The topological polar surface area (TPSA) is 53.8 Å².